The molecular weight excluding hydrogens is 439 g/mol. The zero-order valence-corrected chi connectivity index (χ0v) is 15.3. The first-order valence-corrected chi connectivity index (χ1v) is 9.45. The average molecular weight is 452 g/mol. The second kappa shape index (κ2) is 7.13. The molecule has 26 heavy (non-hydrogen) atoms. The van der Waals surface area contributed by atoms with Crippen LogP contribution in [-0.2, 0) is 16.2 Å². The topological polar surface area (TPSA) is 94.3 Å². The van der Waals surface area contributed by atoms with Gasteiger partial charge in [0.1, 0.15) is 6.17 Å². The Kier molecular flexibility index (Phi) is 5.23. The number of hydrogen-bond acceptors (Lipinski definition) is 6. The Morgan fingerprint density at radius 1 is 1.04 bits per heavy atom. The van der Waals surface area contributed by atoms with Crippen molar-refractivity contribution in [2.24, 2.45) is 0 Å². The monoisotopic (exact) mass is 451 g/mol. The van der Waals surface area contributed by atoms with Crippen LogP contribution in [0.1, 0.15) is 17.3 Å². The second-order valence-corrected chi connectivity index (χ2v) is 7.91. The van der Waals surface area contributed by atoms with Crippen molar-refractivity contribution in [1.82, 2.24) is 21.9 Å². The molecule has 0 saturated carbocycles. The number of anilines is 1. The van der Waals surface area contributed by atoms with Crippen molar-refractivity contribution in [3.8, 4) is 0 Å². The van der Waals surface area contributed by atoms with Crippen molar-refractivity contribution in [2.75, 3.05) is 4.72 Å². The Bertz CT molecular complexity index is 917. The van der Waals surface area contributed by atoms with Crippen LogP contribution in [0.15, 0.2) is 51.8 Å². The summed E-state index contributed by atoms with van der Waals surface area (Å²) in [6.45, 7) is 0. The Labute approximate surface area is 155 Å². The van der Waals surface area contributed by atoms with Crippen LogP contribution in [0.2, 0.25) is 0 Å². The Morgan fingerprint density at radius 2 is 1.73 bits per heavy atom. The van der Waals surface area contributed by atoms with Gasteiger partial charge in [0.25, 0.3) is 10.0 Å². The summed E-state index contributed by atoms with van der Waals surface area (Å²) >= 11 is 2.93. The SMILES string of the molecule is O=S(=O)(Nc1cccc(C2NNNN2)c1)c1ccc(Br)cc1C(F)(F)F. The largest absolute Gasteiger partial charge is 0.417 e. The third-order valence-electron chi connectivity index (χ3n) is 3.50. The summed E-state index contributed by atoms with van der Waals surface area (Å²) in [5.74, 6) is 0. The van der Waals surface area contributed by atoms with Crippen molar-refractivity contribution in [2.45, 2.75) is 17.2 Å². The smallest absolute Gasteiger partial charge is 0.280 e. The van der Waals surface area contributed by atoms with E-state index in [1.165, 1.54) is 18.2 Å². The molecule has 2 aromatic rings. The van der Waals surface area contributed by atoms with Gasteiger partial charge in [0, 0.05) is 10.2 Å². The van der Waals surface area contributed by atoms with E-state index in [4.69, 9.17) is 0 Å². The predicted octanol–water partition coefficient (Wildman–Crippen LogP) is 2.38. The summed E-state index contributed by atoms with van der Waals surface area (Å²) in [5.41, 5.74) is 10.4. The van der Waals surface area contributed by atoms with E-state index in [0.717, 1.165) is 12.1 Å². The van der Waals surface area contributed by atoms with Crippen molar-refractivity contribution < 1.29 is 21.6 Å². The third kappa shape index (κ3) is 4.16. The molecule has 140 valence electrons. The molecule has 7 nitrogen and oxygen atoms in total. The lowest BCUT2D eigenvalue weighted by Crippen LogP contribution is -2.33. The number of halogens is 4. The van der Waals surface area contributed by atoms with Gasteiger partial charge in [-0.1, -0.05) is 28.1 Å². The molecule has 0 amide bonds. The molecule has 0 bridgehead atoms. The summed E-state index contributed by atoms with van der Waals surface area (Å²) in [7, 11) is -4.45. The lowest BCUT2D eigenvalue weighted by atomic mass is 10.1. The molecule has 0 aromatic heterocycles. The van der Waals surface area contributed by atoms with E-state index < -0.39 is 26.7 Å². The molecule has 12 heteroatoms. The number of hydrogen-bond donors (Lipinski definition) is 5. The molecule has 1 fully saturated rings. The fourth-order valence-electron chi connectivity index (χ4n) is 2.37. The highest BCUT2D eigenvalue weighted by Crippen LogP contribution is 2.36. The minimum Gasteiger partial charge on any atom is -0.280 e. The Morgan fingerprint density at radius 3 is 2.38 bits per heavy atom. The van der Waals surface area contributed by atoms with Gasteiger partial charge in [0.2, 0.25) is 0 Å². The molecule has 1 aliphatic rings. The van der Waals surface area contributed by atoms with Gasteiger partial charge in [-0.2, -0.15) is 24.2 Å². The maximum absolute atomic E-state index is 13.2. The number of alkyl halides is 3. The fourth-order valence-corrected chi connectivity index (χ4v) is 3.99. The zero-order valence-electron chi connectivity index (χ0n) is 12.9. The van der Waals surface area contributed by atoms with Crippen LogP contribution in [0.3, 0.4) is 0 Å². The summed E-state index contributed by atoms with van der Waals surface area (Å²) < 4.78 is 67.0. The summed E-state index contributed by atoms with van der Waals surface area (Å²) in [4.78, 5) is -0.848. The number of benzene rings is 2. The Hall–Kier alpha value is -1.70. The lowest BCUT2D eigenvalue weighted by molar-refractivity contribution is -0.139. The van der Waals surface area contributed by atoms with Crippen LogP contribution in [0.4, 0.5) is 18.9 Å². The first-order chi connectivity index (χ1) is 12.2. The minimum atomic E-state index is -4.81. The van der Waals surface area contributed by atoms with Crippen LogP contribution < -0.4 is 26.6 Å². The van der Waals surface area contributed by atoms with E-state index in [-0.39, 0.29) is 16.3 Å². The molecule has 2 aromatic carbocycles. The van der Waals surface area contributed by atoms with Crippen LogP contribution in [0.5, 0.6) is 0 Å². The summed E-state index contributed by atoms with van der Waals surface area (Å²) in [6, 6.07) is 9.14. The van der Waals surface area contributed by atoms with Gasteiger partial charge in [0.05, 0.1) is 10.5 Å². The highest BCUT2D eigenvalue weighted by molar-refractivity contribution is 9.10. The fraction of sp³-hybridized carbons (Fsp3) is 0.143. The molecule has 0 radical (unpaired) electrons. The number of sulfonamides is 1. The van der Waals surface area contributed by atoms with Gasteiger partial charge in [0.15, 0.2) is 0 Å². The van der Waals surface area contributed by atoms with Crippen molar-refractivity contribution in [1.29, 1.82) is 0 Å². The van der Waals surface area contributed by atoms with Crippen LogP contribution >= 0.6 is 15.9 Å². The normalized spacial score (nSPS) is 16.0. The van der Waals surface area contributed by atoms with Gasteiger partial charge in [-0.05, 0) is 35.9 Å². The van der Waals surface area contributed by atoms with Crippen LogP contribution in [0.25, 0.3) is 0 Å². The van der Waals surface area contributed by atoms with Gasteiger partial charge in [-0.3, -0.25) is 4.72 Å². The third-order valence-corrected chi connectivity index (χ3v) is 5.44. The Balaban J connectivity index is 1.94. The van der Waals surface area contributed by atoms with E-state index in [2.05, 4.69) is 42.6 Å². The van der Waals surface area contributed by atoms with E-state index in [1.807, 2.05) is 0 Å². The van der Waals surface area contributed by atoms with Crippen LogP contribution in [-0.4, -0.2) is 8.42 Å². The van der Waals surface area contributed by atoms with Gasteiger partial charge < -0.3 is 0 Å². The highest BCUT2D eigenvalue weighted by atomic mass is 79.9. The maximum Gasteiger partial charge on any atom is 0.417 e. The number of hydrazine groups is 3. The molecule has 0 spiro atoms. The van der Waals surface area contributed by atoms with Gasteiger partial charge in [-0.25, -0.2) is 19.3 Å². The minimum absolute atomic E-state index is 0.129. The van der Waals surface area contributed by atoms with Gasteiger partial charge in [-0.15, -0.1) is 0 Å². The van der Waals surface area contributed by atoms with E-state index in [9.17, 15) is 21.6 Å². The molecule has 0 unspecified atom stereocenters. The molecule has 1 heterocycles. The molecule has 5 N–H and O–H groups in total. The van der Waals surface area contributed by atoms with E-state index >= 15 is 0 Å². The first kappa shape index (κ1) is 19.1. The second-order valence-electron chi connectivity index (χ2n) is 5.34. The summed E-state index contributed by atoms with van der Waals surface area (Å²) in [6.07, 6.45) is -5.16. The lowest BCUT2D eigenvalue weighted by Gasteiger charge is -2.16. The summed E-state index contributed by atoms with van der Waals surface area (Å²) in [5, 5.41) is 0. The van der Waals surface area contributed by atoms with Crippen molar-refractivity contribution in [3.05, 3.63) is 58.1 Å². The van der Waals surface area contributed by atoms with E-state index in [1.54, 1.807) is 12.1 Å². The molecular formula is C14H13BrF3N5O2S. The average Bonchev–Trinajstić information content (AvgIpc) is 3.08. The molecule has 0 aliphatic carbocycles. The van der Waals surface area contributed by atoms with Crippen molar-refractivity contribution >= 4 is 31.6 Å². The molecule has 1 saturated heterocycles. The van der Waals surface area contributed by atoms with Crippen molar-refractivity contribution in [3.63, 3.8) is 0 Å². The number of rotatable bonds is 4. The molecule has 1 aliphatic heterocycles. The number of nitrogens with one attached hydrogen (secondary N) is 5. The van der Waals surface area contributed by atoms with Crippen LogP contribution in [0, 0.1) is 0 Å². The standard InChI is InChI=1S/C14H13BrF3N5O2S/c15-9-4-5-12(11(7-9)14(16,17)18)26(24,25)21-10-3-1-2-8(6-10)13-19-22-23-20-13/h1-7,13,19-23H. The molecule has 3 rings (SSSR count). The van der Waals surface area contributed by atoms with E-state index in [0.29, 0.717) is 5.56 Å². The predicted molar refractivity (Wildman–Crippen MR) is 91.7 cm³/mol. The van der Waals surface area contributed by atoms with Gasteiger partial charge >= 0.3 is 6.18 Å². The first-order valence-electron chi connectivity index (χ1n) is 7.17. The maximum atomic E-state index is 13.2. The highest BCUT2D eigenvalue weighted by Gasteiger charge is 2.37. The quantitative estimate of drug-likeness (QED) is 0.489. The zero-order chi connectivity index (χ0) is 18.9. The molecule has 0 atom stereocenters.